The van der Waals surface area contributed by atoms with Crippen molar-refractivity contribution in [2.75, 3.05) is 18.9 Å². The van der Waals surface area contributed by atoms with Crippen molar-refractivity contribution in [3.05, 3.63) is 0 Å². The summed E-state index contributed by atoms with van der Waals surface area (Å²) in [5.74, 6) is 1.36. The molecular weight excluding hydrogens is 218 g/mol. The maximum absolute atomic E-state index is 6.02. The summed E-state index contributed by atoms with van der Waals surface area (Å²) in [7, 11) is 0. The van der Waals surface area contributed by atoms with Crippen molar-refractivity contribution in [2.45, 2.75) is 61.8 Å². The minimum absolute atomic E-state index is 0.335. The van der Waals surface area contributed by atoms with E-state index in [1.165, 1.54) is 57.2 Å². The molecule has 0 aromatic heterocycles. The summed E-state index contributed by atoms with van der Waals surface area (Å²) >= 11 is 2.20. The molecule has 1 N–H and O–H groups in total. The van der Waals surface area contributed by atoms with E-state index in [1.807, 2.05) is 0 Å². The second-order valence-electron chi connectivity index (χ2n) is 5.43. The van der Waals surface area contributed by atoms with Crippen LogP contribution in [-0.4, -0.2) is 35.8 Å². The lowest BCUT2D eigenvalue weighted by molar-refractivity contribution is 0.0332. The topological polar surface area (TPSA) is 21.3 Å². The Balaban J connectivity index is 1.77. The summed E-state index contributed by atoms with van der Waals surface area (Å²) in [4.78, 5) is 0. The highest BCUT2D eigenvalue weighted by atomic mass is 32.2. The minimum Gasteiger partial charge on any atom is -0.376 e. The molecule has 0 radical (unpaired) electrons. The van der Waals surface area contributed by atoms with Gasteiger partial charge >= 0.3 is 0 Å². The van der Waals surface area contributed by atoms with E-state index in [0.717, 1.165) is 11.9 Å². The van der Waals surface area contributed by atoms with Crippen LogP contribution in [-0.2, 0) is 4.74 Å². The third-order valence-corrected chi connectivity index (χ3v) is 6.06. The van der Waals surface area contributed by atoms with Crippen molar-refractivity contribution >= 4 is 11.8 Å². The van der Waals surface area contributed by atoms with E-state index in [9.17, 15) is 0 Å². The van der Waals surface area contributed by atoms with Gasteiger partial charge in [0, 0.05) is 11.9 Å². The molecule has 0 spiro atoms. The predicted octanol–water partition coefficient (Wildman–Crippen LogP) is 2.57. The summed E-state index contributed by atoms with van der Waals surface area (Å²) in [6.45, 7) is 2.20. The normalized spacial score (nSPS) is 45.0. The first-order valence-electron chi connectivity index (χ1n) is 6.90. The van der Waals surface area contributed by atoms with E-state index in [1.54, 1.807) is 0 Å². The van der Waals surface area contributed by atoms with Crippen LogP contribution in [0.25, 0.3) is 0 Å². The average Bonchev–Trinajstić information content (AvgIpc) is 3.02. The maximum Gasteiger partial charge on any atom is 0.0768 e. The van der Waals surface area contributed by atoms with Crippen molar-refractivity contribution in [1.82, 2.24) is 5.32 Å². The van der Waals surface area contributed by atoms with Crippen LogP contribution in [0.3, 0.4) is 0 Å². The van der Waals surface area contributed by atoms with E-state index >= 15 is 0 Å². The monoisotopic (exact) mass is 241 g/mol. The van der Waals surface area contributed by atoms with Crippen LogP contribution in [0.2, 0.25) is 0 Å². The van der Waals surface area contributed by atoms with Crippen molar-refractivity contribution in [3.8, 4) is 0 Å². The van der Waals surface area contributed by atoms with Crippen molar-refractivity contribution in [1.29, 1.82) is 0 Å². The largest absolute Gasteiger partial charge is 0.376 e. The SMILES string of the molecule is C1CCC(C2(C3CCCO3)CCCN2)SC1. The van der Waals surface area contributed by atoms with E-state index in [0.29, 0.717) is 11.6 Å². The lowest BCUT2D eigenvalue weighted by Gasteiger charge is -2.43. The standard InChI is InChI=1S/C13H23NOS/c1-2-10-16-12(6-1)13(7-4-8-14-13)11-5-3-9-15-11/h11-12,14H,1-10H2. The third kappa shape index (κ3) is 1.91. The van der Waals surface area contributed by atoms with Crippen LogP contribution in [0, 0.1) is 0 Å². The second kappa shape index (κ2) is 4.87. The summed E-state index contributed by atoms with van der Waals surface area (Å²) < 4.78 is 6.02. The first-order valence-corrected chi connectivity index (χ1v) is 7.95. The average molecular weight is 241 g/mol. The molecule has 3 heterocycles. The first kappa shape index (κ1) is 11.4. The minimum atomic E-state index is 0.335. The van der Waals surface area contributed by atoms with Gasteiger partial charge in [-0.2, -0.15) is 11.8 Å². The van der Waals surface area contributed by atoms with Gasteiger partial charge in [0.25, 0.3) is 0 Å². The summed E-state index contributed by atoms with van der Waals surface area (Å²) in [5, 5.41) is 4.65. The molecule has 0 aromatic carbocycles. The summed E-state index contributed by atoms with van der Waals surface area (Å²) in [6.07, 6.45) is 9.99. The molecular formula is C13H23NOS. The highest BCUT2D eigenvalue weighted by Crippen LogP contribution is 2.43. The number of nitrogens with one attached hydrogen (secondary N) is 1. The third-order valence-electron chi connectivity index (χ3n) is 4.48. The molecule has 16 heavy (non-hydrogen) atoms. The molecule has 2 nitrogen and oxygen atoms in total. The Kier molecular flexibility index (Phi) is 3.46. The van der Waals surface area contributed by atoms with E-state index in [4.69, 9.17) is 4.74 Å². The number of hydrogen-bond donors (Lipinski definition) is 1. The van der Waals surface area contributed by atoms with E-state index in [2.05, 4.69) is 17.1 Å². The van der Waals surface area contributed by atoms with Crippen molar-refractivity contribution in [3.63, 3.8) is 0 Å². The molecule has 3 fully saturated rings. The Morgan fingerprint density at radius 2 is 2.12 bits per heavy atom. The second-order valence-corrected chi connectivity index (χ2v) is 6.74. The van der Waals surface area contributed by atoms with E-state index < -0.39 is 0 Å². The molecule has 3 aliphatic heterocycles. The fraction of sp³-hybridized carbons (Fsp3) is 1.00. The Hall–Kier alpha value is 0.270. The zero-order chi connectivity index (χ0) is 10.8. The van der Waals surface area contributed by atoms with Crippen LogP contribution >= 0.6 is 11.8 Å². The molecule has 0 aliphatic carbocycles. The number of thioether (sulfide) groups is 1. The first-order chi connectivity index (χ1) is 7.92. The van der Waals surface area contributed by atoms with Crippen molar-refractivity contribution < 1.29 is 4.74 Å². The van der Waals surface area contributed by atoms with Gasteiger partial charge in [0.15, 0.2) is 0 Å². The molecule has 0 aromatic rings. The number of hydrogen-bond acceptors (Lipinski definition) is 3. The van der Waals surface area contributed by atoms with Crippen LogP contribution < -0.4 is 5.32 Å². The zero-order valence-corrected chi connectivity index (χ0v) is 10.9. The lowest BCUT2D eigenvalue weighted by atomic mass is 9.83. The molecule has 3 unspecified atom stereocenters. The highest BCUT2D eigenvalue weighted by Gasteiger charge is 2.49. The molecule has 92 valence electrons. The number of ether oxygens (including phenoxy) is 1. The van der Waals surface area contributed by atoms with Gasteiger partial charge in [-0.1, -0.05) is 6.42 Å². The molecule has 3 aliphatic rings. The Labute approximate surface area is 103 Å². The van der Waals surface area contributed by atoms with Gasteiger partial charge < -0.3 is 10.1 Å². The van der Waals surface area contributed by atoms with Gasteiger partial charge in [-0.05, 0) is 50.8 Å². The van der Waals surface area contributed by atoms with Gasteiger partial charge in [0.2, 0.25) is 0 Å². The fourth-order valence-corrected chi connectivity index (χ4v) is 5.32. The Morgan fingerprint density at radius 3 is 2.75 bits per heavy atom. The Morgan fingerprint density at radius 1 is 1.12 bits per heavy atom. The van der Waals surface area contributed by atoms with Gasteiger partial charge in [-0.25, -0.2) is 0 Å². The molecule has 3 atom stereocenters. The number of rotatable bonds is 2. The fourth-order valence-electron chi connectivity index (χ4n) is 3.68. The molecule has 3 saturated heterocycles. The summed E-state index contributed by atoms with van der Waals surface area (Å²) in [6, 6.07) is 0. The molecule has 0 bridgehead atoms. The van der Waals surface area contributed by atoms with Gasteiger partial charge in [-0.15, -0.1) is 0 Å². The molecule has 3 heteroatoms. The van der Waals surface area contributed by atoms with Crippen LogP contribution in [0.4, 0.5) is 0 Å². The lowest BCUT2D eigenvalue weighted by Crippen LogP contribution is -2.58. The van der Waals surface area contributed by atoms with Crippen LogP contribution in [0.5, 0.6) is 0 Å². The van der Waals surface area contributed by atoms with Gasteiger partial charge in [0.05, 0.1) is 11.6 Å². The van der Waals surface area contributed by atoms with Gasteiger partial charge in [-0.3, -0.25) is 0 Å². The molecule has 3 rings (SSSR count). The van der Waals surface area contributed by atoms with Crippen LogP contribution in [0.15, 0.2) is 0 Å². The predicted molar refractivity (Wildman–Crippen MR) is 69.0 cm³/mol. The molecule has 0 saturated carbocycles. The smallest absolute Gasteiger partial charge is 0.0768 e. The van der Waals surface area contributed by atoms with E-state index in [-0.39, 0.29) is 0 Å². The highest BCUT2D eigenvalue weighted by molar-refractivity contribution is 8.00. The Bertz CT molecular complexity index is 228. The molecule has 0 amide bonds. The van der Waals surface area contributed by atoms with Crippen molar-refractivity contribution in [2.24, 2.45) is 0 Å². The van der Waals surface area contributed by atoms with Gasteiger partial charge in [0.1, 0.15) is 0 Å². The van der Waals surface area contributed by atoms with Crippen LogP contribution in [0.1, 0.15) is 44.9 Å². The maximum atomic E-state index is 6.02. The summed E-state index contributed by atoms with van der Waals surface area (Å²) in [5.41, 5.74) is 0.335. The quantitative estimate of drug-likeness (QED) is 0.803. The zero-order valence-electron chi connectivity index (χ0n) is 10.0.